The summed E-state index contributed by atoms with van der Waals surface area (Å²) < 4.78 is 28.2. The maximum absolute atomic E-state index is 12.6. The molecular weight excluding hydrogens is 1580 g/mol. The number of nitrogens with two attached hydrogens (primary N) is 1. The van der Waals surface area contributed by atoms with Crippen LogP contribution in [0, 0.1) is 76.2 Å². The molecule has 0 unspecified atom stereocenters. The molecule has 105 heavy (non-hydrogen) atoms. The Kier molecular flexibility index (Phi) is 32.8. The fraction of sp³-hybridized carbons (Fsp3) is 0.269. The quantitative estimate of drug-likeness (QED) is 0.0338. The molecule has 12 aromatic rings. The van der Waals surface area contributed by atoms with E-state index in [9.17, 15) is 19.2 Å². The maximum Gasteiger partial charge on any atom is 1.00 e. The van der Waals surface area contributed by atoms with Crippen molar-refractivity contribution in [3.05, 3.63) is 281 Å². The van der Waals surface area contributed by atoms with E-state index in [1.165, 1.54) is 29.8 Å². The minimum atomic E-state index is -0.188. The van der Waals surface area contributed by atoms with E-state index >= 15 is 0 Å². The van der Waals surface area contributed by atoms with Crippen molar-refractivity contribution < 1.29 is 137 Å². The first-order valence-electron chi connectivity index (χ1n) is 33.1. The topological polar surface area (TPSA) is 285 Å². The normalized spacial score (nSPS) is 11.7. The molecule has 10 heterocycles. The Morgan fingerprint density at radius 2 is 0.781 bits per heavy atom. The van der Waals surface area contributed by atoms with Gasteiger partial charge in [-0.3, -0.25) is 24.0 Å². The third kappa shape index (κ3) is 22.6. The van der Waals surface area contributed by atoms with E-state index in [1.54, 1.807) is 32.9 Å². The summed E-state index contributed by atoms with van der Waals surface area (Å²) in [6.07, 6.45) is 9.82. The zero-order valence-electron chi connectivity index (χ0n) is 62.2. The van der Waals surface area contributed by atoms with Crippen LogP contribution in [0.1, 0.15) is 99.0 Å². The smallest absolute Gasteiger partial charge is 1.00 e. The molecule has 0 aliphatic carbocycles. The van der Waals surface area contributed by atoms with Crippen LogP contribution in [0.25, 0.3) is 44.5 Å². The molecule has 22 nitrogen and oxygen atoms in total. The number of hydrogen-bond donors (Lipinski definition) is 2. The van der Waals surface area contributed by atoms with Crippen molar-refractivity contribution in [2.24, 2.45) is 0 Å². The average Bonchev–Trinajstić information content (AvgIpc) is 1.50. The SMILES string of the molecule is BrCc1ccc(Br)cc1.Cc1noc(C)c1-c1c[nH]c(=O)c(C)c1.Cc1noc(C)c1-c1cc(C)c(=O)n(Cc2ccc(Br)cc2)c1.Cc1noc(C)c1-c1cc(C)c(=O)n(Cc2ccc(N3CCC3)cc2)c1.Cc1noc(C)c1-c1cc(N)c(=O)n(Cc2ccc(N3CCC3)cc2)c1.O=CO[O-].[H-].[K+].[K+]. The van der Waals surface area contributed by atoms with Gasteiger partial charge < -0.3 is 63.9 Å². The second kappa shape index (κ2) is 40.3. The van der Waals surface area contributed by atoms with Gasteiger partial charge in [0.15, 0.2) is 0 Å². The average molecular weight is 1670 g/mol. The molecule has 0 amide bonds. The number of carbonyl (C=O) groups excluding carboxylic acids is 1. The zero-order chi connectivity index (χ0) is 74.2. The van der Waals surface area contributed by atoms with Crippen LogP contribution in [0.3, 0.4) is 0 Å². The fourth-order valence-electron chi connectivity index (χ4n) is 11.8. The molecule has 2 aliphatic heterocycles. The number of pyridine rings is 4. The molecule has 2 aliphatic rings. The predicted molar refractivity (Wildman–Crippen MR) is 411 cm³/mol. The number of benzene rings is 4. The van der Waals surface area contributed by atoms with Gasteiger partial charge in [-0.2, -0.15) is 0 Å². The van der Waals surface area contributed by atoms with Gasteiger partial charge in [0.2, 0.25) is 0 Å². The van der Waals surface area contributed by atoms with Crippen LogP contribution in [0.15, 0.2) is 192 Å². The van der Waals surface area contributed by atoms with Gasteiger partial charge in [0.05, 0.1) is 48.1 Å². The zero-order valence-corrected chi connectivity index (χ0v) is 72.2. The Morgan fingerprint density at radius 1 is 0.476 bits per heavy atom. The van der Waals surface area contributed by atoms with Crippen molar-refractivity contribution in [3.8, 4) is 44.5 Å². The van der Waals surface area contributed by atoms with E-state index in [-0.39, 0.29) is 139 Å². The fourth-order valence-corrected chi connectivity index (χ4v) is 12.7. The molecule has 14 rings (SSSR count). The summed E-state index contributed by atoms with van der Waals surface area (Å²) >= 11 is 10.2. The molecule has 0 atom stereocenters. The number of nitrogen functional groups attached to an aromatic ring is 1. The molecule has 0 radical (unpaired) electrons. The number of aromatic amines is 1. The Labute approximate surface area is 720 Å². The van der Waals surface area contributed by atoms with E-state index < -0.39 is 0 Å². The number of nitrogens with one attached hydrogen (secondary N) is 1. The summed E-state index contributed by atoms with van der Waals surface area (Å²) in [5.74, 6) is 3.01. The summed E-state index contributed by atoms with van der Waals surface area (Å²) in [6, 6.07) is 40.4. The molecule has 0 spiro atoms. The van der Waals surface area contributed by atoms with Gasteiger partial charge in [0.1, 0.15) is 23.0 Å². The number of alkyl halides is 1. The van der Waals surface area contributed by atoms with Crippen LogP contribution in [0.2, 0.25) is 0 Å². The summed E-state index contributed by atoms with van der Waals surface area (Å²) in [5.41, 5.74) is 25.9. The number of carbonyl (C=O) groups is 1. The van der Waals surface area contributed by atoms with Crippen molar-refractivity contribution in [1.82, 2.24) is 39.3 Å². The molecule has 538 valence electrons. The minimum absolute atomic E-state index is 0. The predicted octanol–water partition coefficient (Wildman–Crippen LogP) is 8.74. The summed E-state index contributed by atoms with van der Waals surface area (Å²) in [7, 11) is 0. The molecule has 0 saturated carbocycles. The van der Waals surface area contributed by atoms with E-state index in [2.05, 4.69) is 149 Å². The van der Waals surface area contributed by atoms with Gasteiger partial charge in [-0.1, -0.05) is 117 Å². The van der Waals surface area contributed by atoms with Gasteiger partial charge in [0, 0.05) is 138 Å². The number of aromatic nitrogens is 8. The first-order valence-corrected chi connectivity index (χ1v) is 35.8. The van der Waals surface area contributed by atoms with Gasteiger partial charge >= 0.3 is 103 Å². The Hall–Kier alpha value is -6.94. The molecule has 4 aromatic carbocycles. The van der Waals surface area contributed by atoms with E-state index in [0.717, 1.165) is 147 Å². The summed E-state index contributed by atoms with van der Waals surface area (Å²) in [6.45, 7) is 26.4. The number of rotatable bonds is 14. The number of hydrogen-bond acceptors (Lipinski definition) is 18. The first kappa shape index (κ1) is 85.3. The largest absolute Gasteiger partial charge is 1.00 e. The number of aryl methyl sites for hydroxylation is 11. The molecule has 8 aromatic heterocycles. The molecule has 2 saturated heterocycles. The van der Waals surface area contributed by atoms with Crippen LogP contribution >= 0.6 is 47.8 Å². The number of halogens is 3. The maximum atomic E-state index is 12.6. The summed E-state index contributed by atoms with van der Waals surface area (Å²) in [5, 5.41) is 25.3. The third-order valence-corrected chi connectivity index (χ3v) is 19.1. The third-order valence-electron chi connectivity index (χ3n) is 17.4. The Balaban J connectivity index is 0.000000210. The van der Waals surface area contributed by atoms with Crippen LogP contribution in [0.4, 0.5) is 17.1 Å². The van der Waals surface area contributed by atoms with Crippen molar-refractivity contribution in [2.75, 3.05) is 41.7 Å². The van der Waals surface area contributed by atoms with Gasteiger partial charge in [-0.05, 0) is 184 Å². The molecule has 2 fully saturated rings. The molecule has 27 heteroatoms. The Bertz CT molecular complexity index is 4900. The van der Waals surface area contributed by atoms with Gasteiger partial charge in [-0.25, -0.2) is 0 Å². The van der Waals surface area contributed by atoms with Crippen LogP contribution < -0.4 is 146 Å². The molecular formula is C78H82Br3K2N11O11. The van der Waals surface area contributed by atoms with E-state index in [4.69, 9.17) is 33.9 Å². The van der Waals surface area contributed by atoms with Crippen molar-refractivity contribution in [3.63, 3.8) is 0 Å². The van der Waals surface area contributed by atoms with Crippen molar-refractivity contribution in [2.45, 2.75) is 114 Å². The van der Waals surface area contributed by atoms with Crippen LogP contribution in [0.5, 0.6) is 0 Å². The number of nitrogens with zero attached hydrogens (tertiary/aromatic N) is 9. The molecule has 3 N–H and O–H groups in total. The second-order valence-electron chi connectivity index (χ2n) is 25.1. The van der Waals surface area contributed by atoms with Gasteiger partial charge in [0.25, 0.3) is 28.7 Å². The minimum Gasteiger partial charge on any atom is -1.00 e. The molecule has 0 bridgehead atoms. The van der Waals surface area contributed by atoms with E-state index in [0.29, 0.717) is 36.5 Å². The number of H-pyrrole nitrogens is 1. The monoisotopic (exact) mass is 1660 g/mol. The number of anilines is 3. The second-order valence-corrected chi connectivity index (χ2v) is 27.5. The summed E-state index contributed by atoms with van der Waals surface area (Å²) in [4.78, 5) is 67.4. The first-order chi connectivity index (χ1) is 49.3. The van der Waals surface area contributed by atoms with Crippen LogP contribution in [-0.4, -0.2) is 72.0 Å². The standard InChI is InChI=1S/C21H23N3O2.C20H22N4O2.C18H17BrN2O2.C11H12N2O2.C7H6Br2.CH2O3.2K.H/c1-14-11-18(20-15(2)22-26-16(20)3)13-24(21(14)25)12-17-5-7-19(8-6-17)23-9-4-10-23;1-13-19(14(2)26-22-13)16-10-18(21)20(25)24(12-16)11-15-4-6-17(7-5-15)23-8-3-9-23;1-11-8-15(17-12(2)20-23-13(17)3)10-21(18(11)22)9-14-4-6-16(19)7-5-14;1-6-4-9(5-12-11(6)14)10-7(2)13-15-8(10)3;8-5-6-1-3-7(9)4-2-6;2-1-4-3;;;/h5-8,11,13H,4,9-10,12H2,1-3H3;4-7,10,12H,3,8-9,11,21H2,1-2H3;4-8,10H,9H2,1-3H3;4-5H,1-3H3,(H,12,14);1-4H,5H2;1,3H;;;/q;;;;;;2*+1;-1/p-1. The van der Waals surface area contributed by atoms with Crippen molar-refractivity contribution in [1.29, 1.82) is 0 Å². The van der Waals surface area contributed by atoms with Crippen molar-refractivity contribution >= 4 is 71.3 Å². The Morgan fingerprint density at radius 3 is 1.08 bits per heavy atom. The van der Waals surface area contributed by atoms with Crippen LogP contribution in [-0.2, 0) is 34.6 Å². The van der Waals surface area contributed by atoms with Gasteiger partial charge in [-0.15, -0.1) is 0 Å². The van der Waals surface area contributed by atoms with E-state index in [1.807, 2.05) is 142 Å².